The van der Waals surface area contributed by atoms with Crippen LogP contribution in [0.4, 0.5) is 5.69 Å². The van der Waals surface area contributed by atoms with E-state index in [-0.39, 0.29) is 22.5 Å². The highest BCUT2D eigenvalue weighted by molar-refractivity contribution is 6.03. The third kappa shape index (κ3) is 8.41. The Morgan fingerprint density at radius 3 is 1.76 bits per heavy atom. The Hall–Kier alpha value is -6.24. The number of hydrogen-bond donors (Lipinski definition) is 4. The summed E-state index contributed by atoms with van der Waals surface area (Å²) in [7, 11) is 0. The quantitative estimate of drug-likeness (QED) is 0.152. The second-order valence-electron chi connectivity index (χ2n) is 9.68. The smallest absolute Gasteiger partial charge is 0.349 e. The summed E-state index contributed by atoms with van der Waals surface area (Å²) in [6.45, 7) is 3.41. The Bertz CT molecular complexity index is 1730. The molecule has 3 amide bonds. The van der Waals surface area contributed by atoms with Crippen LogP contribution in [-0.4, -0.2) is 52.9 Å². The van der Waals surface area contributed by atoms with Crippen LogP contribution in [0.15, 0.2) is 95.6 Å². The number of carboxylic acids is 1. The van der Waals surface area contributed by atoms with Crippen molar-refractivity contribution in [3.8, 4) is 0 Å². The highest BCUT2D eigenvalue weighted by Gasteiger charge is 2.41. The molecule has 0 saturated carbocycles. The number of carbonyl (C=O) groups excluding carboxylic acids is 5. The predicted octanol–water partition coefficient (Wildman–Crippen LogP) is 3.45. The van der Waals surface area contributed by atoms with Crippen LogP contribution in [0.5, 0.6) is 0 Å². The molecule has 13 nitrogen and oxygen atoms in total. The molecule has 2 atom stereocenters. The first-order valence-electron chi connectivity index (χ1n) is 13.3. The number of hydrazine groups is 1. The van der Waals surface area contributed by atoms with Crippen LogP contribution in [0.25, 0.3) is 0 Å². The Labute approximate surface area is 256 Å². The molecule has 0 aliphatic rings. The number of aliphatic carboxylic acids is 1. The molecule has 0 spiro atoms. The van der Waals surface area contributed by atoms with Crippen LogP contribution in [-0.2, 0) is 19.1 Å². The van der Waals surface area contributed by atoms with E-state index in [0.717, 1.165) is 0 Å². The fourth-order valence-corrected chi connectivity index (χ4v) is 3.97. The van der Waals surface area contributed by atoms with Gasteiger partial charge in [-0.2, -0.15) is 0 Å². The number of carboxylic acid groups (broad SMARTS) is 1. The second kappa shape index (κ2) is 14.3. The minimum Gasteiger partial charge on any atom is -0.478 e. The van der Waals surface area contributed by atoms with Crippen molar-refractivity contribution >= 4 is 41.3 Å². The normalized spacial score (nSPS) is 11.8. The van der Waals surface area contributed by atoms with Gasteiger partial charge in [-0.3, -0.25) is 25.2 Å². The number of furan rings is 1. The largest absolute Gasteiger partial charge is 0.478 e. The number of esters is 2. The van der Waals surface area contributed by atoms with Gasteiger partial charge in [-0.05, 0) is 74.5 Å². The van der Waals surface area contributed by atoms with E-state index < -0.39 is 47.8 Å². The summed E-state index contributed by atoms with van der Waals surface area (Å²) in [4.78, 5) is 76.0. The third-order valence-corrected chi connectivity index (χ3v) is 6.20. The lowest BCUT2D eigenvalue weighted by Crippen LogP contribution is -2.54. The zero-order valence-electron chi connectivity index (χ0n) is 23.9. The van der Waals surface area contributed by atoms with E-state index in [1.165, 1.54) is 60.9 Å². The van der Waals surface area contributed by atoms with Crippen molar-refractivity contribution in [1.29, 1.82) is 0 Å². The standard InChI is InChI=1S/C32H27N3O10/c1-18-6-3-8-21(16-18)31(41)44-25(26(30(39)40)45-32(42)22-9-4-7-19(2)17-22)29(38)35-34-27(36)20-11-13-23(14-12-20)33-28(37)24-10-5-15-43-24/h3-17,25-26H,1-2H3,(H,33,37)(H,34,36)(H,35,38)(H,39,40)/t25-,26-/m1/s1. The number of aryl methyl sites for hydroxylation is 2. The van der Waals surface area contributed by atoms with Gasteiger partial charge in [-0.25, -0.2) is 14.4 Å². The number of carbonyl (C=O) groups is 6. The van der Waals surface area contributed by atoms with Gasteiger partial charge in [0.25, 0.3) is 17.7 Å². The summed E-state index contributed by atoms with van der Waals surface area (Å²) in [6.07, 6.45) is -3.16. The van der Waals surface area contributed by atoms with Gasteiger partial charge < -0.3 is 24.3 Å². The Morgan fingerprint density at radius 1 is 0.667 bits per heavy atom. The fraction of sp³-hybridized carbons (Fsp3) is 0.125. The first-order valence-corrected chi connectivity index (χ1v) is 13.3. The Morgan fingerprint density at radius 2 is 1.24 bits per heavy atom. The first kappa shape index (κ1) is 31.7. The number of benzene rings is 3. The summed E-state index contributed by atoms with van der Waals surface area (Å²) in [5.41, 5.74) is 5.89. The monoisotopic (exact) mass is 613 g/mol. The number of anilines is 1. The lowest BCUT2D eigenvalue weighted by molar-refractivity contribution is -0.159. The second-order valence-corrected chi connectivity index (χ2v) is 9.68. The lowest BCUT2D eigenvalue weighted by Gasteiger charge is -2.23. The molecule has 4 N–H and O–H groups in total. The third-order valence-electron chi connectivity index (χ3n) is 6.20. The van der Waals surface area contributed by atoms with Crippen LogP contribution in [0.3, 0.4) is 0 Å². The van der Waals surface area contributed by atoms with Gasteiger partial charge >= 0.3 is 17.9 Å². The van der Waals surface area contributed by atoms with E-state index in [1.807, 2.05) is 5.43 Å². The molecule has 13 heteroatoms. The number of nitrogens with one attached hydrogen (secondary N) is 3. The maximum atomic E-state index is 13.2. The molecule has 0 radical (unpaired) electrons. The average molecular weight is 614 g/mol. The van der Waals surface area contributed by atoms with Crippen molar-refractivity contribution in [2.45, 2.75) is 26.1 Å². The number of ether oxygens (including phenoxy) is 2. The topological polar surface area (TPSA) is 190 Å². The molecule has 0 aliphatic heterocycles. The zero-order chi connectivity index (χ0) is 32.5. The number of rotatable bonds is 10. The van der Waals surface area contributed by atoms with Gasteiger partial charge in [0.2, 0.25) is 12.2 Å². The van der Waals surface area contributed by atoms with E-state index in [0.29, 0.717) is 16.8 Å². The summed E-state index contributed by atoms with van der Waals surface area (Å²) < 4.78 is 15.4. The van der Waals surface area contributed by atoms with Gasteiger partial charge in [-0.1, -0.05) is 35.4 Å². The van der Waals surface area contributed by atoms with Crippen molar-refractivity contribution in [3.05, 3.63) is 125 Å². The maximum Gasteiger partial charge on any atom is 0.349 e. The maximum absolute atomic E-state index is 13.2. The first-order chi connectivity index (χ1) is 21.5. The van der Waals surface area contributed by atoms with Crippen molar-refractivity contribution < 1.29 is 47.8 Å². The lowest BCUT2D eigenvalue weighted by atomic mass is 10.1. The summed E-state index contributed by atoms with van der Waals surface area (Å²) in [6, 6.07) is 20.8. The Balaban J connectivity index is 1.49. The van der Waals surface area contributed by atoms with Crippen LogP contribution >= 0.6 is 0 Å². The predicted molar refractivity (Wildman–Crippen MR) is 157 cm³/mol. The molecule has 0 bridgehead atoms. The minimum atomic E-state index is -2.29. The molecule has 0 fully saturated rings. The average Bonchev–Trinajstić information content (AvgIpc) is 3.57. The molecule has 0 unspecified atom stereocenters. The van der Waals surface area contributed by atoms with E-state index in [1.54, 1.807) is 44.2 Å². The van der Waals surface area contributed by atoms with Crippen LogP contribution < -0.4 is 16.2 Å². The van der Waals surface area contributed by atoms with Crippen molar-refractivity contribution in [3.63, 3.8) is 0 Å². The molecule has 0 aliphatic carbocycles. The molecule has 0 saturated heterocycles. The van der Waals surface area contributed by atoms with E-state index in [9.17, 15) is 33.9 Å². The van der Waals surface area contributed by atoms with Crippen LogP contribution in [0.1, 0.15) is 52.8 Å². The Kier molecular flexibility index (Phi) is 10.1. The van der Waals surface area contributed by atoms with E-state index in [2.05, 4.69) is 10.7 Å². The molecular weight excluding hydrogens is 586 g/mol. The van der Waals surface area contributed by atoms with Crippen molar-refractivity contribution in [2.24, 2.45) is 0 Å². The molecular formula is C32H27N3O10. The van der Waals surface area contributed by atoms with Crippen LogP contribution in [0.2, 0.25) is 0 Å². The number of amides is 3. The van der Waals surface area contributed by atoms with Gasteiger partial charge in [-0.15, -0.1) is 0 Å². The van der Waals surface area contributed by atoms with Crippen molar-refractivity contribution in [1.82, 2.24) is 10.9 Å². The van der Waals surface area contributed by atoms with E-state index in [4.69, 9.17) is 13.9 Å². The minimum absolute atomic E-state index is 0.00233. The highest BCUT2D eigenvalue weighted by atomic mass is 16.6. The van der Waals surface area contributed by atoms with Crippen molar-refractivity contribution in [2.75, 3.05) is 5.32 Å². The van der Waals surface area contributed by atoms with Crippen LogP contribution in [0, 0.1) is 13.8 Å². The molecule has 45 heavy (non-hydrogen) atoms. The number of hydrogen-bond acceptors (Lipinski definition) is 9. The molecule has 1 heterocycles. The summed E-state index contributed by atoms with van der Waals surface area (Å²) in [5.74, 6) is -6.50. The van der Waals surface area contributed by atoms with Gasteiger partial charge in [0, 0.05) is 11.3 Å². The molecule has 4 rings (SSSR count). The van der Waals surface area contributed by atoms with Gasteiger partial charge in [0.15, 0.2) is 5.76 Å². The van der Waals surface area contributed by atoms with E-state index >= 15 is 0 Å². The molecule has 1 aromatic heterocycles. The molecule has 230 valence electrons. The SMILES string of the molecule is Cc1cccc(C(=O)O[C@@H](C(=O)O)[C@@H](OC(=O)c2cccc(C)c2)C(=O)NNC(=O)c2ccc(NC(=O)c3ccco3)cc2)c1. The summed E-state index contributed by atoms with van der Waals surface area (Å²) in [5, 5.41) is 12.5. The summed E-state index contributed by atoms with van der Waals surface area (Å²) >= 11 is 0. The molecule has 4 aromatic rings. The fourth-order valence-electron chi connectivity index (χ4n) is 3.97. The molecule has 3 aromatic carbocycles. The van der Waals surface area contributed by atoms with Gasteiger partial charge in [0.05, 0.1) is 17.4 Å². The highest BCUT2D eigenvalue weighted by Crippen LogP contribution is 2.16. The van der Waals surface area contributed by atoms with Gasteiger partial charge in [0.1, 0.15) is 0 Å². The zero-order valence-corrected chi connectivity index (χ0v) is 23.9.